The predicted molar refractivity (Wildman–Crippen MR) is 68.6 cm³/mol. The molecule has 0 amide bonds. The number of aryl methyl sites for hydroxylation is 2. The molecular weight excluding hydrogens is 212 g/mol. The number of nitrogens with one attached hydrogen (secondary N) is 1. The molecule has 0 saturated heterocycles. The second-order valence-corrected chi connectivity index (χ2v) is 4.05. The molecule has 1 aromatic carbocycles. The van der Waals surface area contributed by atoms with Crippen molar-refractivity contribution in [3.8, 4) is 11.4 Å². The van der Waals surface area contributed by atoms with Gasteiger partial charge in [-0.25, -0.2) is 4.98 Å². The summed E-state index contributed by atoms with van der Waals surface area (Å²) in [6, 6.07) is 8.36. The second-order valence-electron chi connectivity index (χ2n) is 4.05. The number of H-pyrrole nitrogens is 1. The summed E-state index contributed by atoms with van der Waals surface area (Å²) >= 11 is 0. The van der Waals surface area contributed by atoms with E-state index >= 15 is 0 Å². The van der Waals surface area contributed by atoms with Gasteiger partial charge in [0.2, 0.25) is 0 Å². The van der Waals surface area contributed by atoms with E-state index in [9.17, 15) is 0 Å². The van der Waals surface area contributed by atoms with Crippen molar-refractivity contribution in [2.24, 2.45) is 5.73 Å². The van der Waals surface area contributed by atoms with Gasteiger partial charge in [-0.2, -0.15) is 5.10 Å². The first-order valence-corrected chi connectivity index (χ1v) is 6.04. The Morgan fingerprint density at radius 3 is 2.65 bits per heavy atom. The summed E-state index contributed by atoms with van der Waals surface area (Å²) in [5.74, 6) is 1.67. The Morgan fingerprint density at radius 1 is 1.24 bits per heavy atom. The number of hydrogen-bond acceptors (Lipinski definition) is 3. The van der Waals surface area contributed by atoms with Gasteiger partial charge in [0.25, 0.3) is 0 Å². The number of aromatic nitrogens is 3. The first kappa shape index (κ1) is 11.8. The smallest absolute Gasteiger partial charge is 0.181 e. The van der Waals surface area contributed by atoms with Crippen molar-refractivity contribution in [2.45, 2.75) is 26.2 Å². The van der Waals surface area contributed by atoms with E-state index in [1.54, 1.807) is 0 Å². The van der Waals surface area contributed by atoms with E-state index in [0.717, 1.165) is 36.5 Å². The minimum atomic E-state index is 0.682. The van der Waals surface area contributed by atoms with Crippen LogP contribution in [-0.4, -0.2) is 21.7 Å². The fraction of sp³-hybridized carbons (Fsp3) is 0.385. The van der Waals surface area contributed by atoms with Crippen LogP contribution in [-0.2, 0) is 12.8 Å². The fourth-order valence-electron chi connectivity index (χ4n) is 1.70. The van der Waals surface area contributed by atoms with Crippen LogP contribution < -0.4 is 5.73 Å². The Bertz CT molecular complexity index is 459. The van der Waals surface area contributed by atoms with Gasteiger partial charge in [-0.15, -0.1) is 0 Å². The third-order valence-corrected chi connectivity index (χ3v) is 2.77. The summed E-state index contributed by atoms with van der Waals surface area (Å²) < 4.78 is 0. The molecule has 0 bridgehead atoms. The zero-order valence-corrected chi connectivity index (χ0v) is 10.1. The van der Waals surface area contributed by atoms with Gasteiger partial charge < -0.3 is 5.73 Å². The maximum absolute atomic E-state index is 5.46. The molecule has 0 unspecified atom stereocenters. The number of benzene rings is 1. The fourth-order valence-corrected chi connectivity index (χ4v) is 1.70. The standard InChI is InChI=1S/C13H18N4/c1-2-10-5-7-11(8-6-10)13-15-12(16-17-13)4-3-9-14/h5-8H,2-4,9,14H2,1H3,(H,15,16,17). The number of aromatic amines is 1. The van der Waals surface area contributed by atoms with Crippen molar-refractivity contribution < 1.29 is 0 Å². The highest BCUT2D eigenvalue weighted by molar-refractivity contribution is 5.54. The van der Waals surface area contributed by atoms with Crippen molar-refractivity contribution in [3.63, 3.8) is 0 Å². The van der Waals surface area contributed by atoms with Gasteiger partial charge in [0.15, 0.2) is 5.82 Å². The first-order chi connectivity index (χ1) is 8.33. The number of rotatable bonds is 5. The highest BCUT2D eigenvalue weighted by atomic mass is 15.2. The summed E-state index contributed by atoms with van der Waals surface area (Å²) in [5, 5.41) is 7.17. The molecule has 2 aromatic rings. The Kier molecular flexibility index (Phi) is 3.88. The molecule has 3 N–H and O–H groups in total. The molecular formula is C13H18N4. The van der Waals surface area contributed by atoms with E-state index in [-0.39, 0.29) is 0 Å². The molecule has 0 atom stereocenters. The first-order valence-electron chi connectivity index (χ1n) is 6.04. The molecule has 0 aliphatic rings. The highest BCUT2D eigenvalue weighted by Crippen LogP contribution is 2.15. The van der Waals surface area contributed by atoms with Crippen LogP contribution >= 0.6 is 0 Å². The van der Waals surface area contributed by atoms with E-state index in [1.807, 2.05) is 0 Å². The van der Waals surface area contributed by atoms with Crippen LogP contribution in [0.25, 0.3) is 11.4 Å². The van der Waals surface area contributed by atoms with Crippen molar-refractivity contribution in [1.29, 1.82) is 0 Å². The molecule has 1 heterocycles. The Labute approximate surface area is 101 Å². The zero-order valence-electron chi connectivity index (χ0n) is 10.1. The number of nitrogens with two attached hydrogens (primary N) is 1. The van der Waals surface area contributed by atoms with Gasteiger partial charge in [-0.3, -0.25) is 5.10 Å². The van der Waals surface area contributed by atoms with E-state index in [0.29, 0.717) is 6.54 Å². The van der Waals surface area contributed by atoms with Crippen LogP contribution in [0.5, 0.6) is 0 Å². The molecule has 0 spiro atoms. The molecule has 90 valence electrons. The average molecular weight is 230 g/mol. The average Bonchev–Trinajstić information content (AvgIpc) is 2.85. The van der Waals surface area contributed by atoms with Gasteiger partial charge in [0.1, 0.15) is 5.82 Å². The van der Waals surface area contributed by atoms with Crippen LogP contribution in [0.15, 0.2) is 24.3 Å². The van der Waals surface area contributed by atoms with Crippen LogP contribution in [0.4, 0.5) is 0 Å². The van der Waals surface area contributed by atoms with Crippen LogP contribution in [0.1, 0.15) is 24.7 Å². The lowest BCUT2D eigenvalue weighted by molar-refractivity contribution is 0.785. The molecule has 0 radical (unpaired) electrons. The Hall–Kier alpha value is -1.68. The largest absolute Gasteiger partial charge is 0.330 e. The van der Waals surface area contributed by atoms with E-state index in [2.05, 4.69) is 46.4 Å². The quantitative estimate of drug-likeness (QED) is 0.824. The minimum Gasteiger partial charge on any atom is -0.330 e. The van der Waals surface area contributed by atoms with Crippen LogP contribution in [0, 0.1) is 0 Å². The molecule has 0 aliphatic heterocycles. The van der Waals surface area contributed by atoms with Crippen molar-refractivity contribution in [2.75, 3.05) is 6.54 Å². The van der Waals surface area contributed by atoms with Gasteiger partial charge >= 0.3 is 0 Å². The molecule has 0 aliphatic carbocycles. The summed E-state index contributed by atoms with van der Waals surface area (Å²) in [6.45, 7) is 2.83. The molecule has 2 rings (SSSR count). The van der Waals surface area contributed by atoms with E-state index in [1.165, 1.54) is 5.56 Å². The minimum absolute atomic E-state index is 0.682. The molecule has 0 fully saturated rings. The molecule has 0 saturated carbocycles. The van der Waals surface area contributed by atoms with Gasteiger partial charge in [0, 0.05) is 12.0 Å². The normalized spacial score (nSPS) is 10.7. The van der Waals surface area contributed by atoms with Crippen molar-refractivity contribution in [3.05, 3.63) is 35.7 Å². The Balaban J connectivity index is 2.12. The lowest BCUT2D eigenvalue weighted by Crippen LogP contribution is -2.01. The lowest BCUT2D eigenvalue weighted by Gasteiger charge is -1.97. The maximum Gasteiger partial charge on any atom is 0.181 e. The Morgan fingerprint density at radius 2 is 2.00 bits per heavy atom. The van der Waals surface area contributed by atoms with Crippen molar-refractivity contribution >= 4 is 0 Å². The second kappa shape index (κ2) is 5.59. The van der Waals surface area contributed by atoms with E-state index in [4.69, 9.17) is 5.73 Å². The third-order valence-electron chi connectivity index (χ3n) is 2.77. The van der Waals surface area contributed by atoms with Gasteiger partial charge in [0.05, 0.1) is 0 Å². The summed E-state index contributed by atoms with van der Waals surface area (Å²) in [6.07, 6.45) is 2.84. The topological polar surface area (TPSA) is 67.6 Å². The summed E-state index contributed by atoms with van der Waals surface area (Å²) in [7, 11) is 0. The molecule has 4 heteroatoms. The van der Waals surface area contributed by atoms with Crippen LogP contribution in [0.3, 0.4) is 0 Å². The summed E-state index contributed by atoms with van der Waals surface area (Å²) in [5.41, 5.74) is 7.84. The maximum atomic E-state index is 5.46. The van der Waals surface area contributed by atoms with Crippen LogP contribution in [0.2, 0.25) is 0 Å². The van der Waals surface area contributed by atoms with Crippen molar-refractivity contribution in [1.82, 2.24) is 15.2 Å². The SMILES string of the molecule is CCc1ccc(-c2n[nH]c(CCCN)n2)cc1. The molecule has 4 nitrogen and oxygen atoms in total. The predicted octanol–water partition coefficient (Wildman–Crippen LogP) is 1.93. The monoisotopic (exact) mass is 230 g/mol. The summed E-state index contributed by atoms with van der Waals surface area (Å²) in [4.78, 5) is 4.45. The zero-order chi connectivity index (χ0) is 12.1. The number of hydrogen-bond donors (Lipinski definition) is 2. The van der Waals surface area contributed by atoms with Gasteiger partial charge in [-0.1, -0.05) is 31.2 Å². The third kappa shape index (κ3) is 2.91. The highest BCUT2D eigenvalue weighted by Gasteiger charge is 2.05. The molecule has 1 aromatic heterocycles. The van der Waals surface area contributed by atoms with Gasteiger partial charge in [-0.05, 0) is 24.9 Å². The molecule has 17 heavy (non-hydrogen) atoms. The lowest BCUT2D eigenvalue weighted by atomic mass is 10.1. The number of nitrogens with zero attached hydrogens (tertiary/aromatic N) is 2. The van der Waals surface area contributed by atoms with E-state index < -0.39 is 0 Å².